The summed E-state index contributed by atoms with van der Waals surface area (Å²) in [6, 6.07) is 1.48. The van der Waals surface area contributed by atoms with Crippen LogP contribution in [0.25, 0.3) is 0 Å². The number of fused-ring (bicyclic) bond motifs is 1. The van der Waals surface area contributed by atoms with Crippen LogP contribution in [0.1, 0.15) is 13.3 Å². The van der Waals surface area contributed by atoms with Crippen LogP contribution in [0.5, 0.6) is 0 Å². The van der Waals surface area contributed by atoms with Gasteiger partial charge in [0.25, 0.3) is 10.0 Å². The molecule has 3 heterocycles. The summed E-state index contributed by atoms with van der Waals surface area (Å²) >= 11 is 0. The first kappa shape index (κ1) is 16.4. The third kappa shape index (κ3) is 2.47. The monoisotopic (exact) mass is 342 g/mol. The molecule has 0 aromatic carbocycles. The number of carboxylic acid groups (broad SMARTS) is 1. The summed E-state index contributed by atoms with van der Waals surface area (Å²) in [6.07, 6.45) is 2.25. The zero-order chi connectivity index (χ0) is 16.8. The van der Waals surface area contributed by atoms with Crippen molar-refractivity contribution < 1.29 is 18.3 Å². The van der Waals surface area contributed by atoms with E-state index >= 15 is 0 Å². The van der Waals surface area contributed by atoms with Gasteiger partial charge in [0.15, 0.2) is 5.03 Å². The minimum atomic E-state index is -3.73. The molecule has 0 spiro atoms. The lowest BCUT2D eigenvalue weighted by molar-refractivity contribution is -0.148. The van der Waals surface area contributed by atoms with Gasteiger partial charge >= 0.3 is 5.97 Å². The fourth-order valence-corrected chi connectivity index (χ4v) is 5.49. The summed E-state index contributed by atoms with van der Waals surface area (Å²) in [4.78, 5) is 13.8. The molecule has 0 amide bonds. The minimum absolute atomic E-state index is 0.0248. The summed E-state index contributed by atoms with van der Waals surface area (Å²) in [6.45, 7) is 3.73. The molecule has 0 unspecified atom stereocenters. The second kappa shape index (κ2) is 5.57. The van der Waals surface area contributed by atoms with Crippen LogP contribution in [-0.4, -0.2) is 71.7 Å². The number of nitrogens with zero attached hydrogens (tertiary/aromatic N) is 4. The maximum atomic E-state index is 12.9. The van der Waals surface area contributed by atoms with E-state index in [0.717, 1.165) is 6.42 Å². The Morgan fingerprint density at radius 3 is 2.78 bits per heavy atom. The molecular weight excluding hydrogens is 320 g/mol. The van der Waals surface area contributed by atoms with Crippen molar-refractivity contribution >= 4 is 16.0 Å². The highest BCUT2D eigenvalue weighted by atomic mass is 32.2. The van der Waals surface area contributed by atoms with Crippen molar-refractivity contribution in [2.45, 2.75) is 24.9 Å². The molecule has 2 saturated heterocycles. The molecule has 1 N–H and O–H groups in total. The van der Waals surface area contributed by atoms with E-state index in [0.29, 0.717) is 19.6 Å². The molecule has 0 radical (unpaired) electrons. The fourth-order valence-electron chi connectivity index (χ4n) is 3.81. The van der Waals surface area contributed by atoms with Crippen LogP contribution in [0.2, 0.25) is 0 Å². The first-order valence-corrected chi connectivity index (χ1v) is 9.19. The molecule has 2 aliphatic rings. The molecular formula is C14H22N4O4S. The van der Waals surface area contributed by atoms with Gasteiger partial charge < -0.3 is 10.0 Å². The van der Waals surface area contributed by atoms with Crippen LogP contribution < -0.4 is 0 Å². The van der Waals surface area contributed by atoms with E-state index in [4.69, 9.17) is 0 Å². The van der Waals surface area contributed by atoms with Crippen molar-refractivity contribution in [2.24, 2.45) is 11.3 Å². The van der Waals surface area contributed by atoms with E-state index in [-0.39, 0.29) is 24.0 Å². The first-order chi connectivity index (χ1) is 10.8. The average Bonchev–Trinajstić information content (AvgIpc) is 3.11. The lowest BCUT2D eigenvalue weighted by atomic mass is 9.81. The second-order valence-electron chi connectivity index (χ2n) is 6.55. The van der Waals surface area contributed by atoms with Crippen LogP contribution in [-0.2, 0) is 21.4 Å². The van der Waals surface area contributed by atoms with Crippen molar-refractivity contribution in [3.8, 4) is 0 Å². The molecule has 2 fully saturated rings. The Morgan fingerprint density at radius 2 is 2.17 bits per heavy atom. The Labute approximate surface area is 135 Å². The Kier molecular flexibility index (Phi) is 3.97. The summed E-state index contributed by atoms with van der Waals surface area (Å²) in [5.41, 5.74) is -1.00. The van der Waals surface area contributed by atoms with E-state index in [1.165, 1.54) is 21.3 Å². The predicted octanol–water partition coefficient (Wildman–Crippen LogP) is -0.0700. The third-order valence-electron chi connectivity index (χ3n) is 4.89. The van der Waals surface area contributed by atoms with Crippen LogP contribution in [0.3, 0.4) is 0 Å². The highest BCUT2D eigenvalue weighted by Gasteiger charge is 2.59. The number of aromatic nitrogens is 2. The first-order valence-electron chi connectivity index (χ1n) is 7.75. The zero-order valence-electron chi connectivity index (χ0n) is 13.3. The van der Waals surface area contributed by atoms with Gasteiger partial charge in [0.2, 0.25) is 0 Å². The number of hydrogen-bond acceptors (Lipinski definition) is 5. The Morgan fingerprint density at radius 1 is 1.43 bits per heavy atom. The van der Waals surface area contributed by atoms with E-state index in [9.17, 15) is 18.3 Å². The number of aliphatic carboxylic acids is 1. The second-order valence-corrected chi connectivity index (χ2v) is 8.43. The van der Waals surface area contributed by atoms with Gasteiger partial charge in [0.1, 0.15) is 0 Å². The molecule has 9 heteroatoms. The van der Waals surface area contributed by atoms with Gasteiger partial charge in [0, 0.05) is 38.6 Å². The SMILES string of the molecule is CCCn1nccc1S(=O)(=O)N1C[C@@H]2CN(C)C[C@]2(C(=O)O)C1. The molecule has 2 atom stereocenters. The van der Waals surface area contributed by atoms with Gasteiger partial charge in [-0.2, -0.15) is 9.40 Å². The van der Waals surface area contributed by atoms with Gasteiger partial charge in [-0.05, 0) is 19.5 Å². The maximum Gasteiger partial charge on any atom is 0.312 e. The number of rotatable bonds is 5. The number of carboxylic acids is 1. The largest absolute Gasteiger partial charge is 0.481 e. The molecule has 1 aromatic rings. The highest BCUT2D eigenvalue weighted by Crippen LogP contribution is 2.43. The summed E-state index contributed by atoms with van der Waals surface area (Å²) in [7, 11) is -1.85. The van der Waals surface area contributed by atoms with Gasteiger partial charge in [-0.25, -0.2) is 8.42 Å². The van der Waals surface area contributed by atoms with Gasteiger partial charge in [-0.1, -0.05) is 6.92 Å². The van der Waals surface area contributed by atoms with Crippen molar-refractivity contribution in [1.29, 1.82) is 0 Å². The van der Waals surface area contributed by atoms with Crippen molar-refractivity contribution in [3.63, 3.8) is 0 Å². The number of aryl methyl sites for hydroxylation is 1. The Balaban J connectivity index is 1.92. The number of hydrogen-bond donors (Lipinski definition) is 1. The standard InChI is InChI=1S/C14H22N4O4S/c1-3-6-18-12(4-5-15-18)23(21,22)17-8-11-7-16(2)9-14(11,10-17)13(19)20/h4-5,11H,3,6-10H2,1-2H3,(H,19,20)/t11-,14-/m0/s1. The maximum absolute atomic E-state index is 12.9. The molecule has 8 nitrogen and oxygen atoms in total. The van der Waals surface area contributed by atoms with E-state index < -0.39 is 21.4 Å². The van der Waals surface area contributed by atoms with E-state index in [1.807, 2.05) is 18.9 Å². The molecule has 128 valence electrons. The summed E-state index contributed by atoms with van der Waals surface area (Å²) in [5, 5.41) is 13.9. The van der Waals surface area contributed by atoms with Crippen LogP contribution in [0.15, 0.2) is 17.3 Å². The topological polar surface area (TPSA) is 95.7 Å². The predicted molar refractivity (Wildman–Crippen MR) is 82.3 cm³/mol. The van der Waals surface area contributed by atoms with Crippen LogP contribution >= 0.6 is 0 Å². The number of sulfonamides is 1. The number of likely N-dealkylation sites (tertiary alicyclic amines) is 1. The van der Waals surface area contributed by atoms with Gasteiger partial charge in [-0.3, -0.25) is 9.48 Å². The molecule has 23 heavy (non-hydrogen) atoms. The fraction of sp³-hybridized carbons (Fsp3) is 0.714. The molecule has 0 saturated carbocycles. The quantitative estimate of drug-likeness (QED) is 0.805. The molecule has 0 aliphatic carbocycles. The van der Waals surface area contributed by atoms with Gasteiger partial charge in [0.05, 0.1) is 11.6 Å². The normalized spacial score (nSPS) is 29.0. The van der Waals surface area contributed by atoms with Crippen LogP contribution in [0, 0.1) is 11.3 Å². The molecule has 0 bridgehead atoms. The Hall–Kier alpha value is -1.45. The van der Waals surface area contributed by atoms with Crippen molar-refractivity contribution in [1.82, 2.24) is 19.0 Å². The summed E-state index contributed by atoms with van der Waals surface area (Å²) in [5.74, 6) is -1.09. The lowest BCUT2D eigenvalue weighted by Gasteiger charge is -2.24. The van der Waals surface area contributed by atoms with E-state index in [1.54, 1.807) is 0 Å². The Bertz CT molecular complexity index is 716. The van der Waals surface area contributed by atoms with Crippen molar-refractivity contribution in [3.05, 3.63) is 12.3 Å². The zero-order valence-corrected chi connectivity index (χ0v) is 14.2. The molecule has 1 aromatic heterocycles. The number of carbonyl (C=O) groups is 1. The minimum Gasteiger partial charge on any atom is -0.481 e. The smallest absolute Gasteiger partial charge is 0.312 e. The summed E-state index contributed by atoms with van der Waals surface area (Å²) < 4.78 is 28.7. The highest BCUT2D eigenvalue weighted by molar-refractivity contribution is 7.89. The van der Waals surface area contributed by atoms with Crippen LogP contribution in [0.4, 0.5) is 0 Å². The van der Waals surface area contributed by atoms with E-state index in [2.05, 4.69) is 5.10 Å². The average molecular weight is 342 g/mol. The lowest BCUT2D eigenvalue weighted by Crippen LogP contribution is -2.41. The van der Waals surface area contributed by atoms with Crippen molar-refractivity contribution in [2.75, 3.05) is 33.2 Å². The third-order valence-corrected chi connectivity index (χ3v) is 6.72. The molecule has 3 rings (SSSR count). The molecule has 2 aliphatic heterocycles. The van der Waals surface area contributed by atoms with Gasteiger partial charge in [-0.15, -0.1) is 0 Å².